The molecule has 2 heterocycles. The smallest absolute Gasteiger partial charge is 0.219 e. The predicted molar refractivity (Wildman–Crippen MR) is 64.7 cm³/mol. The molecule has 0 radical (unpaired) electrons. The quantitative estimate of drug-likeness (QED) is 0.732. The first kappa shape index (κ1) is 9.46. The van der Waals surface area contributed by atoms with Crippen LogP contribution in [-0.4, -0.2) is 11.6 Å². The molecule has 3 rings (SSSR count). The number of nitrogen functional groups attached to an aromatic ring is 1. The number of aryl methyl sites for hydroxylation is 1. The van der Waals surface area contributed by atoms with Gasteiger partial charge in [0.05, 0.1) is 12.1 Å². The summed E-state index contributed by atoms with van der Waals surface area (Å²) in [5.41, 5.74) is 10.2. The third kappa shape index (κ3) is 1.24. The van der Waals surface area contributed by atoms with Crippen LogP contribution in [0, 0.1) is 6.92 Å². The predicted octanol–water partition coefficient (Wildman–Crippen LogP) is 2.45. The number of rotatable bonds is 0. The average Bonchev–Trinajstić information content (AvgIpc) is 2.29. The highest BCUT2D eigenvalue weighted by atomic mass is 16.5. The van der Waals surface area contributed by atoms with Gasteiger partial charge in [-0.2, -0.15) is 0 Å². The van der Waals surface area contributed by atoms with Crippen LogP contribution in [0.2, 0.25) is 0 Å². The Morgan fingerprint density at radius 1 is 1.38 bits per heavy atom. The van der Waals surface area contributed by atoms with E-state index in [1.807, 2.05) is 12.1 Å². The second-order valence-electron chi connectivity index (χ2n) is 4.23. The van der Waals surface area contributed by atoms with Gasteiger partial charge in [0, 0.05) is 16.6 Å². The van der Waals surface area contributed by atoms with E-state index in [4.69, 9.17) is 10.5 Å². The number of hydrogen-bond donors (Lipinski definition) is 1. The van der Waals surface area contributed by atoms with Crippen LogP contribution in [0.15, 0.2) is 18.2 Å². The Kier molecular flexibility index (Phi) is 1.99. The van der Waals surface area contributed by atoms with Gasteiger partial charge in [0.25, 0.3) is 0 Å². The molecular formula is C13H14N2O. The normalized spacial score (nSPS) is 14.6. The van der Waals surface area contributed by atoms with E-state index >= 15 is 0 Å². The second-order valence-corrected chi connectivity index (χ2v) is 4.23. The summed E-state index contributed by atoms with van der Waals surface area (Å²) in [4.78, 5) is 4.54. The Morgan fingerprint density at radius 2 is 2.25 bits per heavy atom. The molecule has 0 unspecified atom stereocenters. The van der Waals surface area contributed by atoms with Crippen molar-refractivity contribution < 1.29 is 4.74 Å². The first-order valence-corrected chi connectivity index (χ1v) is 5.58. The van der Waals surface area contributed by atoms with E-state index < -0.39 is 0 Å². The summed E-state index contributed by atoms with van der Waals surface area (Å²) in [6, 6.07) is 6.05. The Balaban J connectivity index is 2.40. The van der Waals surface area contributed by atoms with Crippen LogP contribution in [0.4, 0.5) is 5.69 Å². The molecule has 3 nitrogen and oxygen atoms in total. The number of hydrogen-bond acceptors (Lipinski definition) is 3. The van der Waals surface area contributed by atoms with E-state index in [1.165, 1.54) is 5.56 Å². The summed E-state index contributed by atoms with van der Waals surface area (Å²) in [5, 5.41) is 1.08. The van der Waals surface area contributed by atoms with Crippen LogP contribution in [-0.2, 0) is 6.42 Å². The molecule has 1 aromatic carbocycles. The van der Waals surface area contributed by atoms with Gasteiger partial charge in [-0.05, 0) is 31.4 Å². The maximum Gasteiger partial charge on any atom is 0.219 e. The zero-order chi connectivity index (χ0) is 11.1. The molecule has 0 fully saturated rings. The molecule has 2 N–H and O–H groups in total. The first-order valence-electron chi connectivity index (χ1n) is 5.58. The van der Waals surface area contributed by atoms with Gasteiger partial charge in [-0.25, -0.2) is 4.98 Å². The van der Waals surface area contributed by atoms with E-state index in [1.54, 1.807) is 0 Å². The van der Waals surface area contributed by atoms with Crippen LogP contribution in [0.3, 0.4) is 0 Å². The topological polar surface area (TPSA) is 48.1 Å². The summed E-state index contributed by atoms with van der Waals surface area (Å²) in [6.45, 7) is 2.81. The fourth-order valence-corrected chi connectivity index (χ4v) is 2.32. The van der Waals surface area contributed by atoms with Gasteiger partial charge in [-0.1, -0.05) is 12.1 Å². The fourth-order valence-electron chi connectivity index (χ4n) is 2.32. The molecule has 82 valence electrons. The lowest BCUT2D eigenvalue weighted by molar-refractivity contribution is 0.278. The van der Waals surface area contributed by atoms with Crippen molar-refractivity contribution in [2.75, 3.05) is 12.3 Å². The molecule has 1 aliphatic rings. The fraction of sp³-hybridized carbons (Fsp3) is 0.308. The molecule has 0 saturated heterocycles. The number of pyridine rings is 1. The Hall–Kier alpha value is -1.77. The average molecular weight is 214 g/mol. The third-order valence-corrected chi connectivity index (χ3v) is 3.14. The van der Waals surface area contributed by atoms with Crippen molar-refractivity contribution in [1.29, 1.82) is 0 Å². The van der Waals surface area contributed by atoms with E-state index in [-0.39, 0.29) is 0 Å². The first-order chi connectivity index (χ1) is 7.77. The van der Waals surface area contributed by atoms with E-state index in [2.05, 4.69) is 18.0 Å². The van der Waals surface area contributed by atoms with Crippen molar-refractivity contribution in [2.24, 2.45) is 0 Å². The van der Waals surface area contributed by atoms with Crippen LogP contribution in [0.5, 0.6) is 5.88 Å². The molecule has 0 amide bonds. The zero-order valence-electron chi connectivity index (χ0n) is 9.29. The lowest BCUT2D eigenvalue weighted by atomic mass is 10.0. The Morgan fingerprint density at radius 3 is 3.12 bits per heavy atom. The summed E-state index contributed by atoms with van der Waals surface area (Å²) in [7, 11) is 0. The number of anilines is 1. The molecule has 1 aromatic heterocycles. The van der Waals surface area contributed by atoms with Gasteiger partial charge in [0.15, 0.2) is 0 Å². The maximum atomic E-state index is 6.22. The van der Waals surface area contributed by atoms with Crippen molar-refractivity contribution in [3.63, 3.8) is 0 Å². The van der Waals surface area contributed by atoms with Crippen LogP contribution in [0.25, 0.3) is 10.9 Å². The lowest BCUT2D eigenvalue weighted by Crippen LogP contribution is -2.12. The van der Waals surface area contributed by atoms with Gasteiger partial charge in [-0.3, -0.25) is 0 Å². The van der Waals surface area contributed by atoms with Crippen LogP contribution in [0.1, 0.15) is 17.5 Å². The summed E-state index contributed by atoms with van der Waals surface area (Å²) in [6.07, 6.45) is 1.99. The third-order valence-electron chi connectivity index (χ3n) is 3.14. The maximum absolute atomic E-state index is 6.22. The molecule has 0 atom stereocenters. The summed E-state index contributed by atoms with van der Waals surface area (Å²) < 4.78 is 5.56. The highest BCUT2D eigenvalue weighted by Gasteiger charge is 2.18. The van der Waals surface area contributed by atoms with E-state index in [0.717, 1.165) is 47.5 Å². The van der Waals surface area contributed by atoms with Gasteiger partial charge in [-0.15, -0.1) is 0 Å². The number of aromatic nitrogens is 1. The summed E-state index contributed by atoms with van der Waals surface area (Å²) >= 11 is 0. The minimum atomic E-state index is 0.724. The van der Waals surface area contributed by atoms with Crippen LogP contribution >= 0.6 is 0 Å². The molecule has 0 saturated carbocycles. The number of nitrogens with two attached hydrogens (primary N) is 1. The highest BCUT2D eigenvalue weighted by molar-refractivity contribution is 5.95. The van der Waals surface area contributed by atoms with Crippen molar-refractivity contribution >= 4 is 16.6 Å². The van der Waals surface area contributed by atoms with Gasteiger partial charge >= 0.3 is 0 Å². The van der Waals surface area contributed by atoms with Gasteiger partial charge < -0.3 is 10.5 Å². The van der Waals surface area contributed by atoms with Gasteiger partial charge in [0.1, 0.15) is 0 Å². The number of fused-ring (bicyclic) bond motifs is 2. The van der Waals surface area contributed by atoms with E-state index in [0.29, 0.717) is 0 Å². The minimum absolute atomic E-state index is 0.724. The highest BCUT2D eigenvalue weighted by Crippen LogP contribution is 2.34. The van der Waals surface area contributed by atoms with Crippen molar-refractivity contribution in [1.82, 2.24) is 4.98 Å². The number of ether oxygens (including phenoxy) is 1. The van der Waals surface area contributed by atoms with Gasteiger partial charge in [0.2, 0.25) is 5.88 Å². The summed E-state index contributed by atoms with van der Waals surface area (Å²) in [5.74, 6) is 0.724. The second kappa shape index (κ2) is 3.37. The largest absolute Gasteiger partial charge is 0.477 e. The van der Waals surface area contributed by atoms with Crippen molar-refractivity contribution in [3.05, 3.63) is 29.3 Å². The molecule has 0 spiro atoms. The van der Waals surface area contributed by atoms with Crippen molar-refractivity contribution in [2.45, 2.75) is 19.8 Å². The molecule has 16 heavy (non-hydrogen) atoms. The Bertz CT molecular complexity index is 563. The molecular weight excluding hydrogens is 200 g/mol. The molecule has 2 aromatic rings. The number of nitrogens with zero attached hydrogens (tertiary/aromatic N) is 1. The monoisotopic (exact) mass is 214 g/mol. The minimum Gasteiger partial charge on any atom is -0.477 e. The molecule has 1 aliphatic heterocycles. The standard InChI is InChI=1S/C13H14N2O/c1-8-4-2-6-10-11(8)12(14)9-5-3-7-16-13(9)15-10/h2,4,6H,3,5,7H2,1H3,(H2,14,15). The lowest BCUT2D eigenvalue weighted by Gasteiger charge is -2.19. The van der Waals surface area contributed by atoms with Crippen molar-refractivity contribution in [3.8, 4) is 5.88 Å². The zero-order valence-corrected chi connectivity index (χ0v) is 9.29. The van der Waals surface area contributed by atoms with E-state index in [9.17, 15) is 0 Å². The Labute approximate surface area is 94.2 Å². The molecule has 0 bridgehead atoms. The number of benzene rings is 1. The van der Waals surface area contributed by atoms with Crippen LogP contribution < -0.4 is 10.5 Å². The molecule has 3 heteroatoms. The molecule has 0 aliphatic carbocycles. The SMILES string of the molecule is Cc1cccc2nc3c(c(N)c12)CCCO3.